The Hall–Kier alpha value is -1.17. The number of carboxylic acids is 1. The van der Waals surface area contributed by atoms with Crippen molar-refractivity contribution in [3.05, 3.63) is 28.2 Å². The van der Waals surface area contributed by atoms with Crippen LogP contribution in [0.3, 0.4) is 0 Å². The molecule has 0 radical (unpaired) electrons. The van der Waals surface area contributed by atoms with E-state index < -0.39 is 23.5 Å². The van der Waals surface area contributed by atoms with Gasteiger partial charge >= 0.3 is 5.97 Å². The number of carboxylic acid groups (broad SMARTS) is 1. The van der Waals surface area contributed by atoms with Crippen LogP contribution in [0.4, 0.5) is 14.5 Å². The highest BCUT2D eigenvalue weighted by molar-refractivity contribution is 9.10. The standard InChI is InChI=1S/C11H10BrF2NO2/c12-10-8(13)3-7(4-9(10)14)15-2-1-6(5-15)11(16)17/h3-4,6H,1-2,5H2,(H,16,17). The highest BCUT2D eigenvalue weighted by Gasteiger charge is 2.28. The number of anilines is 1. The van der Waals surface area contributed by atoms with Crippen molar-refractivity contribution in [2.75, 3.05) is 18.0 Å². The molecular weight excluding hydrogens is 296 g/mol. The van der Waals surface area contributed by atoms with Crippen molar-refractivity contribution in [2.24, 2.45) is 5.92 Å². The summed E-state index contributed by atoms with van der Waals surface area (Å²) in [5.74, 6) is -2.70. The molecule has 1 fully saturated rings. The van der Waals surface area contributed by atoms with Crippen LogP contribution in [0, 0.1) is 17.6 Å². The molecule has 0 saturated carbocycles. The summed E-state index contributed by atoms with van der Waals surface area (Å²) in [4.78, 5) is 12.5. The van der Waals surface area contributed by atoms with E-state index in [4.69, 9.17) is 5.11 Å². The topological polar surface area (TPSA) is 40.5 Å². The second-order valence-corrected chi connectivity index (χ2v) is 4.79. The summed E-state index contributed by atoms with van der Waals surface area (Å²) in [5.41, 5.74) is 0.381. The molecule has 0 bridgehead atoms. The van der Waals surface area contributed by atoms with E-state index in [1.165, 1.54) is 12.1 Å². The van der Waals surface area contributed by atoms with Crippen LogP contribution in [0.25, 0.3) is 0 Å². The maximum Gasteiger partial charge on any atom is 0.308 e. The van der Waals surface area contributed by atoms with Crippen LogP contribution in [0.1, 0.15) is 6.42 Å². The highest BCUT2D eigenvalue weighted by Crippen LogP contribution is 2.29. The molecule has 1 aromatic rings. The average molecular weight is 306 g/mol. The number of halogens is 3. The Balaban J connectivity index is 2.22. The zero-order valence-electron chi connectivity index (χ0n) is 8.79. The summed E-state index contributed by atoms with van der Waals surface area (Å²) >= 11 is 2.79. The number of hydrogen-bond acceptors (Lipinski definition) is 2. The van der Waals surface area contributed by atoms with Gasteiger partial charge in [-0.25, -0.2) is 8.78 Å². The molecule has 3 nitrogen and oxygen atoms in total. The normalized spacial score (nSPS) is 19.7. The van der Waals surface area contributed by atoms with Gasteiger partial charge in [-0.1, -0.05) is 0 Å². The largest absolute Gasteiger partial charge is 0.481 e. The number of nitrogens with zero attached hydrogens (tertiary/aromatic N) is 1. The number of carbonyl (C=O) groups is 1. The molecule has 1 saturated heterocycles. The van der Waals surface area contributed by atoms with Crippen LogP contribution < -0.4 is 4.90 Å². The highest BCUT2D eigenvalue weighted by atomic mass is 79.9. The summed E-state index contributed by atoms with van der Waals surface area (Å²) < 4.78 is 26.4. The molecule has 17 heavy (non-hydrogen) atoms. The quantitative estimate of drug-likeness (QED) is 0.854. The fourth-order valence-electron chi connectivity index (χ4n) is 1.92. The minimum Gasteiger partial charge on any atom is -0.481 e. The van der Waals surface area contributed by atoms with E-state index in [9.17, 15) is 13.6 Å². The van der Waals surface area contributed by atoms with E-state index in [1.807, 2.05) is 0 Å². The van der Waals surface area contributed by atoms with Gasteiger partial charge in [0.05, 0.1) is 10.4 Å². The van der Waals surface area contributed by atoms with Gasteiger partial charge in [0.2, 0.25) is 0 Å². The summed E-state index contributed by atoms with van der Waals surface area (Å²) in [7, 11) is 0. The predicted molar refractivity (Wildman–Crippen MR) is 62.0 cm³/mol. The molecule has 92 valence electrons. The molecule has 6 heteroatoms. The van der Waals surface area contributed by atoms with Crippen molar-refractivity contribution in [1.82, 2.24) is 0 Å². The lowest BCUT2D eigenvalue weighted by molar-refractivity contribution is -0.140. The first-order valence-electron chi connectivity index (χ1n) is 5.11. The van der Waals surface area contributed by atoms with Crippen molar-refractivity contribution in [3.63, 3.8) is 0 Å². The van der Waals surface area contributed by atoms with Gasteiger partial charge in [0.1, 0.15) is 11.6 Å². The van der Waals surface area contributed by atoms with Gasteiger partial charge in [0, 0.05) is 18.8 Å². The van der Waals surface area contributed by atoms with Gasteiger partial charge < -0.3 is 10.0 Å². The van der Waals surface area contributed by atoms with E-state index in [0.717, 1.165) is 0 Å². The number of hydrogen-bond donors (Lipinski definition) is 1. The van der Waals surface area contributed by atoms with Gasteiger partial charge in [-0.15, -0.1) is 0 Å². The second kappa shape index (κ2) is 4.60. The summed E-state index contributed by atoms with van der Waals surface area (Å²) in [6.07, 6.45) is 0.495. The third-order valence-corrected chi connectivity index (χ3v) is 3.63. The number of rotatable bonds is 2. The third kappa shape index (κ3) is 2.41. The van der Waals surface area contributed by atoms with E-state index in [2.05, 4.69) is 15.9 Å². The maximum atomic E-state index is 13.3. The molecule has 1 N–H and O–H groups in total. The Bertz CT molecular complexity index is 444. The van der Waals surface area contributed by atoms with Crippen molar-refractivity contribution in [3.8, 4) is 0 Å². The molecule has 1 atom stereocenters. The molecule has 1 aromatic carbocycles. The first-order chi connectivity index (χ1) is 7.99. The van der Waals surface area contributed by atoms with Crippen LogP contribution in [0.2, 0.25) is 0 Å². The van der Waals surface area contributed by atoms with Gasteiger partial charge in [-0.05, 0) is 34.5 Å². The van der Waals surface area contributed by atoms with Crippen molar-refractivity contribution < 1.29 is 18.7 Å². The third-order valence-electron chi connectivity index (χ3n) is 2.87. The molecule has 1 aliphatic heterocycles. The van der Waals surface area contributed by atoms with Gasteiger partial charge in [-0.3, -0.25) is 4.79 Å². The first kappa shape index (κ1) is 12.3. The van der Waals surface area contributed by atoms with Gasteiger partial charge in [0.15, 0.2) is 0 Å². The zero-order chi connectivity index (χ0) is 12.6. The molecule has 0 aromatic heterocycles. The van der Waals surface area contributed by atoms with Crippen molar-refractivity contribution in [1.29, 1.82) is 0 Å². The fraction of sp³-hybridized carbons (Fsp3) is 0.364. The molecule has 0 aliphatic carbocycles. The van der Waals surface area contributed by atoms with Gasteiger partial charge in [-0.2, -0.15) is 0 Å². The number of benzene rings is 1. The van der Waals surface area contributed by atoms with Crippen molar-refractivity contribution >= 4 is 27.6 Å². The maximum absolute atomic E-state index is 13.3. The summed E-state index contributed by atoms with van der Waals surface area (Å²) in [6, 6.07) is 2.41. The van der Waals surface area contributed by atoms with Crippen molar-refractivity contribution in [2.45, 2.75) is 6.42 Å². The number of aliphatic carboxylic acids is 1. The molecule has 1 heterocycles. The fourth-order valence-corrected chi connectivity index (χ4v) is 2.15. The van der Waals surface area contributed by atoms with Crippen LogP contribution in [-0.2, 0) is 4.79 Å². The predicted octanol–water partition coefficient (Wildman–Crippen LogP) is 2.64. The lowest BCUT2D eigenvalue weighted by Gasteiger charge is -2.18. The minimum absolute atomic E-state index is 0.199. The second-order valence-electron chi connectivity index (χ2n) is 3.99. The molecule has 0 amide bonds. The lowest BCUT2D eigenvalue weighted by Crippen LogP contribution is -2.22. The van der Waals surface area contributed by atoms with Crippen LogP contribution in [-0.4, -0.2) is 24.2 Å². The molecule has 1 unspecified atom stereocenters. The van der Waals surface area contributed by atoms with Gasteiger partial charge in [0.25, 0.3) is 0 Å². The Labute approximate surface area is 105 Å². The summed E-state index contributed by atoms with van der Waals surface area (Å²) in [5, 5.41) is 8.85. The average Bonchev–Trinajstić information content (AvgIpc) is 2.74. The molecular formula is C11H10BrF2NO2. The van der Waals surface area contributed by atoms with Crippen LogP contribution in [0.5, 0.6) is 0 Å². The Morgan fingerprint density at radius 2 is 2.00 bits per heavy atom. The SMILES string of the molecule is O=C(O)C1CCN(c2cc(F)c(Br)c(F)c2)C1. The van der Waals surface area contributed by atoms with Crippen LogP contribution in [0.15, 0.2) is 16.6 Å². The zero-order valence-corrected chi connectivity index (χ0v) is 10.4. The monoisotopic (exact) mass is 305 g/mol. The van der Waals surface area contributed by atoms with E-state index in [1.54, 1.807) is 4.90 Å². The smallest absolute Gasteiger partial charge is 0.308 e. The molecule has 2 rings (SSSR count). The molecule has 1 aliphatic rings. The van der Waals surface area contributed by atoms with E-state index >= 15 is 0 Å². The Morgan fingerprint density at radius 3 is 2.47 bits per heavy atom. The Kier molecular flexibility index (Phi) is 3.33. The minimum atomic E-state index is -0.870. The Morgan fingerprint density at radius 1 is 1.41 bits per heavy atom. The van der Waals surface area contributed by atoms with E-state index in [-0.39, 0.29) is 11.0 Å². The van der Waals surface area contributed by atoms with E-state index in [0.29, 0.717) is 18.7 Å². The lowest BCUT2D eigenvalue weighted by atomic mass is 10.1. The summed E-state index contributed by atoms with van der Waals surface area (Å²) in [6.45, 7) is 0.785. The first-order valence-corrected chi connectivity index (χ1v) is 5.90. The molecule has 0 spiro atoms. The van der Waals surface area contributed by atoms with Crippen LogP contribution >= 0.6 is 15.9 Å².